The molecule has 3 heterocycles. The van der Waals surface area contributed by atoms with Gasteiger partial charge in [-0.3, -0.25) is 19.6 Å². The third kappa shape index (κ3) is 5.17. The third-order valence-corrected chi connectivity index (χ3v) is 7.87. The molecule has 1 saturated heterocycles. The number of thioether (sulfide) groups is 2. The molecular weight excluding hydrogens is 508 g/mol. The van der Waals surface area contributed by atoms with E-state index in [1.807, 2.05) is 0 Å². The maximum atomic E-state index is 12.9. The number of carboxylic acid groups (broad SMARTS) is 1. The van der Waals surface area contributed by atoms with Crippen LogP contribution in [0.5, 0.6) is 0 Å². The molecule has 0 radical (unpaired) electrons. The summed E-state index contributed by atoms with van der Waals surface area (Å²) in [5.41, 5.74) is 7.66. The lowest BCUT2D eigenvalue weighted by molar-refractivity contribution is -0.150. The van der Waals surface area contributed by atoms with Crippen LogP contribution in [0.1, 0.15) is 11.6 Å². The van der Waals surface area contributed by atoms with E-state index >= 15 is 0 Å². The van der Waals surface area contributed by atoms with Gasteiger partial charge in [-0.15, -0.1) is 16.9 Å². The quantitative estimate of drug-likeness (QED) is 0.236. The Kier molecular flexibility index (Phi) is 7.51. The molecule has 2 unspecified atom stereocenters. The lowest BCUT2D eigenvalue weighted by Gasteiger charge is -2.49. The van der Waals surface area contributed by atoms with E-state index in [9.17, 15) is 24.3 Å². The van der Waals surface area contributed by atoms with Gasteiger partial charge in [0.25, 0.3) is 5.91 Å². The molecule has 2 aliphatic rings. The van der Waals surface area contributed by atoms with Crippen LogP contribution < -0.4 is 16.4 Å². The van der Waals surface area contributed by atoms with Crippen LogP contribution in [-0.4, -0.2) is 91.1 Å². The van der Waals surface area contributed by atoms with Crippen molar-refractivity contribution in [2.45, 2.75) is 22.5 Å². The van der Waals surface area contributed by atoms with Crippen molar-refractivity contribution in [3.05, 3.63) is 47.3 Å². The molecule has 1 aromatic heterocycles. The van der Waals surface area contributed by atoms with Crippen LogP contribution in [0.25, 0.3) is 0 Å². The summed E-state index contributed by atoms with van der Waals surface area (Å²) in [6, 6.07) is 4.25. The fourth-order valence-corrected chi connectivity index (χ4v) is 5.89. The van der Waals surface area contributed by atoms with Gasteiger partial charge in [0.1, 0.15) is 28.2 Å². The molecular formula is C21H24N8O5S2. The van der Waals surface area contributed by atoms with Crippen LogP contribution in [0, 0.1) is 0 Å². The molecule has 6 N–H and O–H groups in total. The molecule has 1 fully saturated rings. The zero-order valence-corrected chi connectivity index (χ0v) is 20.9. The van der Waals surface area contributed by atoms with E-state index in [-0.39, 0.29) is 11.7 Å². The zero-order chi connectivity index (χ0) is 26.0. The summed E-state index contributed by atoms with van der Waals surface area (Å²) in [7, 11) is 3.23. The molecule has 0 spiro atoms. The molecule has 4 rings (SSSR count). The number of carbonyl (C=O) groups excluding carboxylic acids is 3. The average Bonchev–Trinajstić information content (AvgIpc) is 3.38. The second-order valence-corrected chi connectivity index (χ2v) is 10.3. The molecule has 190 valence electrons. The molecule has 1 aromatic carbocycles. The van der Waals surface area contributed by atoms with Gasteiger partial charge in [-0.2, -0.15) is 0 Å². The van der Waals surface area contributed by atoms with Gasteiger partial charge in [-0.05, 0) is 23.3 Å². The highest BCUT2D eigenvalue weighted by molar-refractivity contribution is 8.01. The average molecular weight is 533 g/mol. The number of benzene rings is 1. The number of nitrogens with two attached hydrogens (primary N) is 1. The van der Waals surface area contributed by atoms with Crippen molar-refractivity contribution in [3.63, 3.8) is 0 Å². The van der Waals surface area contributed by atoms with Crippen LogP contribution in [0.3, 0.4) is 0 Å². The first kappa shape index (κ1) is 25.5. The van der Waals surface area contributed by atoms with E-state index in [0.29, 0.717) is 33.4 Å². The number of hydrogen-bond acceptors (Lipinski definition) is 9. The van der Waals surface area contributed by atoms with E-state index in [2.05, 4.69) is 26.0 Å². The summed E-state index contributed by atoms with van der Waals surface area (Å²) in [5.74, 6) is -1.54. The van der Waals surface area contributed by atoms with Gasteiger partial charge in [0.2, 0.25) is 5.91 Å². The topological polar surface area (TPSA) is 187 Å². The van der Waals surface area contributed by atoms with Gasteiger partial charge in [-0.1, -0.05) is 29.1 Å². The number of aromatic amines is 1. The number of urea groups is 1. The van der Waals surface area contributed by atoms with Gasteiger partial charge in [0, 0.05) is 31.3 Å². The Hall–Kier alpha value is -3.56. The predicted molar refractivity (Wildman–Crippen MR) is 133 cm³/mol. The van der Waals surface area contributed by atoms with Crippen molar-refractivity contribution < 1.29 is 24.3 Å². The molecule has 4 amide bonds. The minimum atomic E-state index is -1.20. The fraction of sp³-hybridized carbons (Fsp3) is 0.333. The van der Waals surface area contributed by atoms with E-state index in [4.69, 9.17) is 5.73 Å². The summed E-state index contributed by atoms with van der Waals surface area (Å²) in [6.07, 6.45) is 1.60. The molecule has 2 aromatic rings. The smallest absolute Gasteiger partial charge is 0.352 e. The van der Waals surface area contributed by atoms with Crippen molar-refractivity contribution in [2.75, 3.05) is 30.9 Å². The van der Waals surface area contributed by atoms with E-state index in [0.717, 1.165) is 0 Å². The number of fused-ring (bicyclic) bond motifs is 1. The van der Waals surface area contributed by atoms with Gasteiger partial charge in [0.05, 0.1) is 6.20 Å². The van der Waals surface area contributed by atoms with Gasteiger partial charge in [0.15, 0.2) is 0 Å². The van der Waals surface area contributed by atoms with E-state index < -0.39 is 35.2 Å². The number of hydrogen-bond donors (Lipinski definition) is 5. The van der Waals surface area contributed by atoms with Crippen LogP contribution in [0.15, 0.2) is 46.8 Å². The Balaban J connectivity index is 1.39. The van der Waals surface area contributed by atoms with Crippen molar-refractivity contribution >= 4 is 53.0 Å². The molecule has 0 bridgehead atoms. The number of aromatic nitrogens is 3. The maximum Gasteiger partial charge on any atom is 0.352 e. The second-order valence-electron chi connectivity index (χ2n) is 8.18. The minimum absolute atomic E-state index is 0.0649. The summed E-state index contributed by atoms with van der Waals surface area (Å²) >= 11 is 2.69. The number of amides is 4. The number of carbonyl (C=O) groups is 4. The zero-order valence-electron chi connectivity index (χ0n) is 19.3. The summed E-state index contributed by atoms with van der Waals surface area (Å²) in [5, 5.41) is 25.3. The summed E-state index contributed by atoms with van der Waals surface area (Å²) < 4.78 is 0. The predicted octanol–water partition coefficient (Wildman–Crippen LogP) is 0.429. The van der Waals surface area contributed by atoms with Crippen molar-refractivity contribution in [1.82, 2.24) is 30.5 Å². The first-order valence-corrected chi connectivity index (χ1v) is 12.7. The maximum absolute atomic E-state index is 12.9. The second kappa shape index (κ2) is 10.6. The van der Waals surface area contributed by atoms with Crippen LogP contribution in [0.2, 0.25) is 0 Å². The Labute approximate surface area is 214 Å². The van der Waals surface area contributed by atoms with Crippen molar-refractivity contribution in [1.29, 1.82) is 0 Å². The molecule has 0 saturated carbocycles. The van der Waals surface area contributed by atoms with Crippen LogP contribution in [-0.2, 0) is 14.4 Å². The number of nitrogens with zero attached hydrogens (tertiary/aromatic N) is 4. The van der Waals surface area contributed by atoms with Gasteiger partial charge >= 0.3 is 12.0 Å². The fourth-order valence-electron chi connectivity index (χ4n) is 3.62. The Morgan fingerprint density at radius 1 is 1.33 bits per heavy atom. The summed E-state index contributed by atoms with van der Waals surface area (Å²) in [6.45, 7) is 0. The normalized spacial score (nSPS) is 19.8. The standard InChI is InChI=1S/C21H24N8O5S2/c1-28(2)21(34)24-12-5-3-10(4-6-12)14(22)17(30)25-15-18(31)29-16(20(32)33)11(9-36-19(15)29)8-35-13-7-23-27-26-13/h3-7,14-15,19H,8-9,22H2,1-2H3,(H,24,34)(H,25,30)(H,32,33)(H,23,26,27)/t14?,15?,19-/m0/s1. The molecule has 36 heavy (non-hydrogen) atoms. The number of nitrogens with one attached hydrogen (secondary N) is 3. The highest BCUT2D eigenvalue weighted by Gasteiger charge is 2.54. The molecule has 15 heteroatoms. The van der Waals surface area contributed by atoms with Crippen LogP contribution in [0.4, 0.5) is 10.5 Å². The Morgan fingerprint density at radius 3 is 2.67 bits per heavy atom. The van der Waals surface area contributed by atoms with E-state index in [1.54, 1.807) is 44.6 Å². The lowest BCUT2D eigenvalue weighted by atomic mass is 10.0. The monoisotopic (exact) mass is 532 g/mol. The number of rotatable bonds is 8. The number of β-lactam (4-membered cyclic amide) rings is 1. The molecule has 3 atom stereocenters. The largest absolute Gasteiger partial charge is 0.477 e. The Bertz CT molecular complexity index is 1200. The first-order valence-electron chi connectivity index (χ1n) is 10.7. The molecule has 0 aliphatic carbocycles. The number of aliphatic carboxylic acids is 1. The third-order valence-electron chi connectivity index (χ3n) is 5.55. The number of anilines is 1. The SMILES string of the molecule is CN(C)C(=O)Nc1ccc(C(N)C(=O)NC2C(=O)N3C(C(=O)O)=C(CSc4c[nH]nn4)CS[C@@H]23)cc1. The Morgan fingerprint density at radius 2 is 2.06 bits per heavy atom. The van der Waals surface area contributed by atoms with Crippen molar-refractivity contribution in [2.24, 2.45) is 5.73 Å². The number of carboxylic acids is 1. The summed E-state index contributed by atoms with van der Waals surface area (Å²) in [4.78, 5) is 52.0. The minimum Gasteiger partial charge on any atom is -0.477 e. The molecule has 13 nitrogen and oxygen atoms in total. The molecule has 2 aliphatic heterocycles. The van der Waals surface area contributed by atoms with E-state index in [1.165, 1.54) is 33.3 Å². The van der Waals surface area contributed by atoms with Crippen molar-refractivity contribution in [3.8, 4) is 0 Å². The van der Waals surface area contributed by atoms with Gasteiger partial charge < -0.3 is 26.4 Å². The highest BCUT2D eigenvalue weighted by Crippen LogP contribution is 2.41. The number of H-pyrrole nitrogens is 1. The highest BCUT2D eigenvalue weighted by atomic mass is 32.2. The lowest BCUT2D eigenvalue weighted by Crippen LogP contribution is -2.71. The van der Waals surface area contributed by atoms with Crippen LogP contribution >= 0.6 is 23.5 Å². The first-order chi connectivity index (χ1) is 17.2. The van der Waals surface area contributed by atoms with Gasteiger partial charge in [-0.25, -0.2) is 9.59 Å².